The number of thiazole rings is 1. The van der Waals surface area contributed by atoms with Gasteiger partial charge in [-0.2, -0.15) is 5.10 Å². The van der Waals surface area contributed by atoms with Crippen LogP contribution in [0.3, 0.4) is 0 Å². The Morgan fingerprint density at radius 2 is 2.30 bits per heavy atom. The number of esters is 1. The summed E-state index contributed by atoms with van der Waals surface area (Å²) in [4.78, 5) is 19.7. The molecule has 0 spiro atoms. The number of nitrogens with zero attached hydrogens (tertiary/aromatic N) is 2. The number of hydrogen-bond donors (Lipinski definition) is 2. The second kappa shape index (κ2) is 6.62. The van der Waals surface area contributed by atoms with E-state index in [9.17, 15) is 4.79 Å². The molecule has 0 radical (unpaired) electrons. The zero-order valence-corrected chi connectivity index (χ0v) is 13.6. The van der Waals surface area contributed by atoms with Crippen molar-refractivity contribution in [3.63, 3.8) is 0 Å². The predicted octanol–water partition coefficient (Wildman–Crippen LogP) is 3.56. The highest BCUT2D eigenvalue weighted by Gasteiger charge is 2.15. The summed E-state index contributed by atoms with van der Waals surface area (Å²) in [5, 5.41) is 5.85. The lowest BCUT2D eigenvalue weighted by Gasteiger charge is -1.97. The average Bonchev–Trinajstić information content (AvgIpc) is 3.12. The fourth-order valence-electron chi connectivity index (χ4n) is 2.19. The molecule has 7 heteroatoms. The zero-order valence-electron chi connectivity index (χ0n) is 12.8. The van der Waals surface area contributed by atoms with Crippen LogP contribution in [0.5, 0.6) is 0 Å². The maximum atomic E-state index is 11.8. The summed E-state index contributed by atoms with van der Waals surface area (Å²) in [5.74, 6) is -0.351. The highest BCUT2D eigenvalue weighted by molar-refractivity contribution is 7.17. The molecule has 2 N–H and O–H groups in total. The number of benzene rings is 1. The van der Waals surface area contributed by atoms with Crippen molar-refractivity contribution in [1.29, 1.82) is 0 Å². The third-order valence-electron chi connectivity index (χ3n) is 3.24. The van der Waals surface area contributed by atoms with E-state index in [0.717, 1.165) is 16.5 Å². The molecule has 2 aromatic heterocycles. The summed E-state index contributed by atoms with van der Waals surface area (Å²) in [5.41, 5.74) is 5.54. The van der Waals surface area contributed by atoms with Gasteiger partial charge in [-0.3, -0.25) is 5.43 Å². The average molecular weight is 328 g/mol. The minimum Gasteiger partial charge on any atom is -0.462 e. The highest BCUT2D eigenvalue weighted by atomic mass is 32.1. The normalized spacial score (nSPS) is 11.2. The van der Waals surface area contributed by atoms with Gasteiger partial charge in [0.1, 0.15) is 4.88 Å². The molecule has 23 heavy (non-hydrogen) atoms. The number of aryl methyl sites for hydroxylation is 1. The summed E-state index contributed by atoms with van der Waals surface area (Å²) >= 11 is 1.23. The molecule has 0 bridgehead atoms. The molecule has 0 fully saturated rings. The third-order valence-corrected chi connectivity index (χ3v) is 4.28. The molecular formula is C16H16N4O2S. The van der Waals surface area contributed by atoms with Crippen LogP contribution in [0.1, 0.15) is 27.9 Å². The van der Waals surface area contributed by atoms with Crippen molar-refractivity contribution in [2.45, 2.75) is 13.8 Å². The minimum atomic E-state index is -0.351. The number of carbonyl (C=O) groups is 1. The van der Waals surface area contributed by atoms with Gasteiger partial charge in [-0.25, -0.2) is 9.78 Å². The van der Waals surface area contributed by atoms with Crippen LogP contribution in [0.15, 0.2) is 35.6 Å². The first-order valence-electron chi connectivity index (χ1n) is 7.18. The van der Waals surface area contributed by atoms with Crippen molar-refractivity contribution in [3.8, 4) is 0 Å². The molecule has 0 aliphatic heterocycles. The Hall–Kier alpha value is -2.67. The summed E-state index contributed by atoms with van der Waals surface area (Å²) in [7, 11) is 0. The van der Waals surface area contributed by atoms with Gasteiger partial charge in [-0.1, -0.05) is 29.5 Å². The maximum Gasteiger partial charge on any atom is 0.350 e. The third kappa shape index (κ3) is 3.24. The summed E-state index contributed by atoms with van der Waals surface area (Å²) in [6, 6.07) is 8.00. The van der Waals surface area contributed by atoms with Crippen molar-refractivity contribution < 1.29 is 9.53 Å². The molecule has 0 saturated carbocycles. The van der Waals surface area contributed by atoms with E-state index in [4.69, 9.17) is 4.74 Å². The molecule has 0 aliphatic rings. The molecule has 0 unspecified atom stereocenters. The smallest absolute Gasteiger partial charge is 0.350 e. The lowest BCUT2D eigenvalue weighted by molar-refractivity contribution is 0.0531. The van der Waals surface area contributed by atoms with Crippen molar-refractivity contribution >= 4 is 39.6 Å². The van der Waals surface area contributed by atoms with Gasteiger partial charge in [-0.15, -0.1) is 0 Å². The van der Waals surface area contributed by atoms with E-state index in [-0.39, 0.29) is 5.97 Å². The maximum absolute atomic E-state index is 11.8. The molecule has 3 aromatic rings. The Bertz CT molecular complexity index is 866. The first kappa shape index (κ1) is 15.2. The molecule has 118 valence electrons. The van der Waals surface area contributed by atoms with E-state index >= 15 is 0 Å². The van der Waals surface area contributed by atoms with E-state index < -0.39 is 0 Å². The molecule has 0 amide bonds. The standard InChI is InChI=1S/C16H16N4O2S/c1-3-22-15(21)14-10(2)19-16(23-14)20-18-9-11-8-17-13-7-5-4-6-12(11)13/h4-9,17H,3H2,1-2H3,(H,19,20)/b18-9+. The van der Waals surface area contributed by atoms with Crippen LogP contribution in [-0.4, -0.2) is 28.8 Å². The van der Waals surface area contributed by atoms with Crippen LogP contribution in [0.25, 0.3) is 10.9 Å². The number of nitrogens with one attached hydrogen (secondary N) is 2. The van der Waals surface area contributed by atoms with E-state index in [1.54, 1.807) is 20.1 Å². The molecule has 0 aliphatic carbocycles. The molecule has 0 atom stereocenters. The Kier molecular flexibility index (Phi) is 4.38. The van der Waals surface area contributed by atoms with Crippen LogP contribution in [-0.2, 0) is 4.74 Å². The number of hydrogen-bond acceptors (Lipinski definition) is 6. The summed E-state index contributed by atoms with van der Waals surface area (Å²) < 4.78 is 4.99. The number of H-pyrrole nitrogens is 1. The lowest BCUT2D eigenvalue weighted by Crippen LogP contribution is -2.03. The minimum absolute atomic E-state index is 0.345. The molecule has 1 aromatic carbocycles. The number of anilines is 1. The van der Waals surface area contributed by atoms with Gasteiger partial charge in [0.25, 0.3) is 0 Å². The quantitative estimate of drug-likeness (QED) is 0.426. The molecule has 6 nitrogen and oxygen atoms in total. The first-order chi connectivity index (χ1) is 11.2. The Labute approximate surface area is 137 Å². The largest absolute Gasteiger partial charge is 0.462 e. The van der Waals surface area contributed by atoms with Gasteiger partial charge in [0.05, 0.1) is 18.5 Å². The number of para-hydroxylation sites is 1. The second-order valence-corrected chi connectivity index (χ2v) is 5.81. The molecular weight excluding hydrogens is 312 g/mol. The molecule has 3 rings (SSSR count). The van der Waals surface area contributed by atoms with Gasteiger partial charge in [0.15, 0.2) is 0 Å². The van der Waals surface area contributed by atoms with Crippen molar-refractivity contribution in [2.24, 2.45) is 5.10 Å². The number of ether oxygens (including phenoxy) is 1. The van der Waals surface area contributed by atoms with Gasteiger partial charge in [0, 0.05) is 22.7 Å². The zero-order chi connectivity index (χ0) is 16.2. The Morgan fingerprint density at radius 3 is 3.13 bits per heavy atom. The lowest BCUT2D eigenvalue weighted by atomic mass is 10.2. The van der Waals surface area contributed by atoms with Crippen LogP contribution < -0.4 is 5.43 Å². The fourth-order valence-corrected chi connectivity index (χ4v) is 3.00. The second-order valence-electron chi connectivity index (χ2n) is 4.81. The SMILES string of the molecule is CCOC(=O)c1sc(N/N=C/c2c[nH]c3ccccc23)nc1C. The number of rotatable bonds is 5. The van der Waals surface area contributed by atoms with Gasteiger partial charge >= 0.3 is 5.97 Å². The van der Waals surface area contributed by atoms with Crippen LogP contribution >= 0.6 is 11.3 Å². The topological polar surface area (TPSA) is 79.4 Å². The monoisotopic (exact) mass is 328 g/mol. The van der Waals surface area contributed by atoms with E-state index in [0.29, 0.717) is 22.3 Å². The van der Waals surface area contributed by atoms with E-state index in [2.05, 4.69) is 20.5 Å². The number of aromatic nitrogens is 2. The Morgan fingerprint density at radius 1 is 1.48 bits per heavy atom. The number of hydrazone groups is 1. The van der Waals surface area contributed by atoms with E-state index in [1.165, 1.54) is 11.3 Å². The molecule has 0 saturated heterocycles. The van der Waals surface area contributed by atoms with Crippen LogP contribution in [0.4, 0.5) is 5.13 Å². The van der Waals surface area contributed by atoms with Crippen molar-refractivity contribution in [2.75, 3.05) is 12.0 Å². The Balaban J connectivity index is 1.73. The van der Waals surface area contributed by atoms with Crippen LogP contribution in [0.2, 0.25) is 0 Å². The van der Waals surface area contributed by atoms with Gasteiger partial charge < -0.3 is 9.72 Å². The van der Waals surface area contributed by atoms with E-state index in [1.807, 2.05) is 30.5 Å². The number of fused-ring (bicyclic) bond motifs is 1. The first-order valence-corrected chi connectivity index (χ1v) is 8.00. The van der Waals surface area contributed by atoms with Gasteiger partial charge in [0.2, 0.25) is 5.13 Å². The van der Waals surface area contributed by atoms with Gasteiger partial charge in [-0.05, 0) is 19.9 Å². The van der Waals surface area contributed by atoms with Crippen molar-refractivity contribution in [3.05, 3.63) is 46.6 Å². The summed E-state index contributed by atoms with van der Waals surface area (Å²) in [6.07, 6.45) is 3.62. The highest BCUT2D eigenvalue weighted by Crippen LogP contribution is 2.23. The summed E-state index contributed by atoms with van der Waals surface area (Å²) in [6.45, 7) is 3.90. The fraction of sp³-hybridized carbons (Fsp3) is 0.188. The predicted molar refractivity (Wildman–Crippen MR) is 92.3 cm³/mol. The molecule has 2 heterocycles. The number of carbonyl (C=O) groups excluding carboxylic acids is 1. The van der Waals surface area contributed by atoms with Crippen molar-refractivity contribution in [1.82, 2.24) is 9.97 Å². The number of aromatic amines is 1. The van der Waals surface area contributed by atoms with Crippen LogP contribution in [0, 0.1) is 6.92 Å².